The van der Waals surface area contributed by atoms with Gasteiger partial charge in [0.1, 0.15) is 5.02 Å². The van der Waals surface area contributed by atoms with Crippen LogP contribution in [-0.4, -0.2) is 43.3 Å². The molecule has 0 bridgehead atoms. The fraction of sp³-hybridized carbons (Fsp3) is 0.636. The Labute approximate surface area is 124 Å². The molecule has 1 aromatic heterocycles. The monoisotopic (exact) mass is 321 g/mol. The summed E-state index contributed by atoms with van der Waals surface area (Å²) in [5.74, 6) is 0.925. The van der Waals surface area contributed by atoms with E-state index in [0.29, 0.717) is 29.9 Å². The van der Waals surface area contributed by atoms with E-state index in [9.17, 15) is 8.42 Å². The molecule has 0 radical (unpaired) electrons. The van der Waals surface area contributed by atoms with Gasteiger partial charge in [-0.15, -0.1) is 0 Å². The Bertz CT molecular complexity index is 562. The summed E-state index contributed by atoms with van der Waals surface area (Å²) in [5, 5.41) is 6.38. The zero-order valence-corrected chi connectivity index (χ0v) is 13.6. The third-order valence-corrected chi connectivity index (χ3v) is 3.44. The van der Waals surface area contributed by atoms with Crippen LogP contribution in [0.3, 0.4) is 0 Å². The van der Waals surface area contributed by atoms with Crippen LogP contribution in [0.5, 0.6) is 0 Å². The van der Waals surface area contributed by atoms with E-state index < -0.39 is 15.6 Å². The Morgan fingerprint density at radius 1 is 1.35 bits per heavy atom. The van der Waals surface area contributed by atoms with Crippen LogP contribution in [0.1, 0.15) is 20.8 Å². The van der Waals surface area contributed by atoms with Crippen molar-refractivity contribution in [1.82, 2.24) is 14.7 Å². The summed E-state index contributed by atoms with van der Waals surface area (Å²) in [7, 11) is -3.28. The molecule has 1 heterocycles. The first-order chi connectivity index (χ1) is 9.13. The molecule has 0 spiro atoms. The highest BCUT2D eigenvalue weighted by Crippen LogP contribution is 2.20. The van der Waals surface area contributed by atoms with Gasteiger partial charge in [-0.25, -0.2) is 18.1 Å². The van der Waals surface area contributed by atoms with Crippen molar-refractivity contribution in [2.24, 2.45) is 0 Å². The van der Waals surface area contributed by atoms with E-state index in [1.807, 2.05) is 6.92 Å². The standard InChI is InChI=1S/C11H20ClN5O2S/c1-5-13-10-14-6-8(12)9(16-10)15-7-11(2,3)17-20(4,18)19/h6,17H,5,7H2,1-4H3,(H2,13,14,15,16). The lowest BCUT2D eigenvalue weighted by molar-refractivity contribution is 0.476. The molecule has 20 heavy (non-hydrogen) atoms. The fourth-order valence-electron chi connectivity index (χ4n) is 1.58. The smallest absolute Gasteiger partial charge is 0.224 e. The van der Waals surface area contributed by atoms with Gasteiger partial charge in [-0.2, -0.15) is 4.98 Å². The lowest BCUT2D eigenvalue weighted by atomic mass is 10.1. The topological polar surface area (TPSA) is 96.0 Å². The molecule has 0 aliphatic rings. The Morgan fingerprint density at radius 3 is 2.55 bits per heavy atom. The fourth-order valence-corrected chi connectivity index (χ4v) is 2.81. The molecule has 0 amide bonds. The van der Waals surface area contributed by atoms with Crippen LogP contribution in [0.4, 0.5) is 11.8 Å². The second-order valence-corrected chi connectivity index (χ2v) is 7.19. The quantitative estimate of drug-likeness (QED) is 0.700. The number of hydrogen-bond donors (Lipinski definition) is 3. The molecule has 0 saturated heterocycles. The van der Waals surface area contributed by atoms with Crippen molar-refractivity contribution in [2.75, 3.05) is 30.0 Å². The van der Waals surface area contributed by atoms with Crippen LogP contribution in [0, 0.1) is 0 Å². The Hall–Kier alpha value is -1.12. The van der Waals surface area contributed by atoms with E-state index in [0.717, 1.165) is 6.26 Å². The minimum Gasteiger partial charge on any atom is -0.367 e. The van der Waals surface area contributed by atoms with Crippen LogP contribution in [-0.2, 0) is 10.0 Å². The molecular formula is C11H20ClN5O2S. The van der Waals surface area contributed by atoms with Gasteiger partial charge in [-0.3, -0.25) is 0 Å². The van der Waals surface area contributed by atoms with Crippen LogP contribution in [0.2, 0.25) is 5.02 Å². The molecule has 0 aliphatic carbocycles. The van der Waals surface area contributed by atoms with Gasteiger partial charge in [0.2, 0.25) is 16.0 Å². The molecule has 0 aromatic carbocycles. The van der Waals surface area contributed by atoms with E-state index in [-0.39, 0.29) is 0 Å². The normalized spacial score (nSPS) is 12.2. The number of rotatable bonds is 7. The summed E-state index contributed by atoms with van der Waals surface area (Å²) < 4.78 is 25.1. The second-order valence-electron chi connectivity index (χ2n) is 5.03. The summed E-state index contributed by atoms with van der Waals surface area (Å²) in [5.41, 5.74) is -0.666. The summed E-state index contributed by atoms with van der Waals surface area (Å²) in [6.07, 6.45) is 2.61. The Morgan fingerprint density at radius 2 is 2.00 bits per heavy atom. The van der Waals surface area contributed by atoms with Crippen molar-refractivity contribution in [2.45, 2.75) is 26.3 Å². The third-order valence-electron chi connectivity index (χ3n) is 2.24. The first-order valence-corrected chi connectivity index (χ1v) is 8.39. The van der Waals surface area contributed by atoms with Gasteiger partial charge in [-0.05, 0) is 20.8 Å². The van der Waals surface area contributed by atoms with Crippen molar-refractivity contribution in [1.29, 1.82) is 0 Å². The lowest BCUT2D eigenvalue weighted by Gasteiger charge is -2.25. The summed E-state index contributed by atoms with van der Waals surface area (Å²) in [6, 6.07) is 0. The zero-order chi connectivity index (χ0) is 15.4. The highest BCUT2D eigenvalue weighted by atomic mass is 35.5. The first-order valence-electron chi connectivity index (χ1n) is 6.12. The summed E-state index contributed by atoms with van der Waals surface area (Å²) in [4.78, 5) is 8.25. The number of anilines is 2. The molecule has 114 valence electrons. The van der Waals surface area contributed by atoms with Crippen molar-refractivity contribution >= 4 is 33.4 Å². The summed E-state index contributed by atoms with van der Waals surface area (Å²) >= 11 is 6.00. The van der Waals surface area contributed by atoms with Crippen molar-refractivity contribution in [3.63, 3.8) is 0 Å². The largest absolute Gasteiger partial charge is 0.367 e. The highest BCUT2D eigenvalue weighted by molar-refractivity contribution is 7.88. The summed E-state index contributed by atoms with van der Waals surface area (Å²) in [6.45, 7) is 6.50. The number of hydrogen-bond acceptors (Lipinski definition) is 6. The molecule has 1 aromatic rings. The number of nitrogens with zero attached hydrogens (tertiary/aromatic N) is 2. The van der Waals surface area contributed by atoms with Crippen LogP contribution >= 0.6 is 11.6 Å². The molecule has 0 unspecified atom stereocenters. The van der Waals surface area contributed by atoms with Gasteiger partial charge in [-0.1, -0.05) is 11.6 Å². The van der Waals surface area contributed by atoms with E-state index in [4.69, 9.17) is 11.6 Å². The van der Waals surface area contributed by atoms with E-state index in [1.54, 1.807) is 13.8 Å². The molecule has 1 rings (SSSR count). The molecule has 0 atom stereocenters. The average molecular weight is 322 g/mol. The van der Waals surface area contributed by atoms with E-state index in [1.165, 1.54) is 6.20 Å². The predicted octanol–water partition coefficient (Wildman–Crippen LogP) is 1.30. The molecule has 0 aliphatic heterocycles. The van der Waals surface area contributed by atoms with E-state index in [2.05, 4.69) is 25.3 Å². The number of aromatic nitrogens is 2. The molecule has 7 nitrogen and oxygen atoms in total. The predicted molar refractivity (Wildman–Crippen MR) is 81.8 cm³/mol. The third kappa shape index (κ3) is 5.89. The average Bonchev–Trinajstić information content (AvgIpc) is 2.27. The maximum absolute atomic E-state index is 11.3. The first kappa shape index (κ1) is 16.9. The second kappa shape index (κ2) is 6.55. The SMILES string of the molecule is CCNc1ncc(Cl)c(NCC(C)(C)NS(C)(=O)=O)n1. The van der Waals surface area contributed by atoms with E-state index >= 15 is 0 Å². The van der Waals surface area contributed by atoms with Crippen molar-refractivity contribution in [3.8, 4) is 0 Å². The maximum atomic E-state index is 11.3. The van der Waals surface area contributed by atoms with Gasteiger partial charge in [0.05, 0.1) is 12.5 Å². The van der Waals surface area contributed by atoms with Gasteiger partial charge in [0.25, 0.3) is 0 Å². The Kier molecular flexibility index (Phi) is 5.55. The highest BCUT2D eigenvalue weighted by Gasteiger charge is 2.22. The minimum absolute atomic E-state index is 0.336. The van der Waals surface area contributed by atoms with Gasteiger partial charge in [0, 0.05) is 18.6 Å². The molecule has 3 N–H and O–H groups in total. The molecular weight excluding hydrogens is 302 g/mol. The van der Waals surface area contributed by atoms with Crippen LogP contribution in [0.25, 0.3) is 0 Å². The lowest BCUT2D eigenvalue weighted by Crippen LogP contribution is -2.47. The number of nitrogens with one attached hydrogen (secondary N) is 3. The Balaban J connectivity index is 2.76. The molecule has 0 fully saturated rings. The van der Waals surface area contributed by atoms with Crippen LogP contribution in [0.15, 0.2) is 6.20 Å². The maximum Gasteiger partial charge on any atom is 0.224 e. The van der Waals surface area contributed by atoms with Gasteiger partial charge in [0.15, 0.2) is 5.82 Å². The van der Waals surface area contributed by atoms with Gasteiger partial charge >= 0.3 is 0 Å². The minimum atomic E-state index is -3.28. The zero-order valence-electron chi connectivity index (χ0n) is 12.0. The van der Waals surface area contributed by atoms with Crippen LogP contribution < -0.4 is 15.4 Å². The number of sulfonamides is 1. The van der Waals surface area contributed by atoms with Crippen molar-refractivity contribution < 1.29 is 8.42 Å². The van der Waals surface area contributed by atoms with Crippen molar-refractivity contribution in [3.05, 3.63) is 11.2 Å². The molecule has 0 saturated carbocycles. The number of halogens is 1. The molecule has 9 heteroatoms. The van der Waals surface area contributed by atoms with Gasteiger partial charge < -0.3 is 10.6 Å².